The number of carbonyl (C=O) groups excluding carboxylic acids is 3. The zero-order valence-corrected chi connectivity index (χ0v) is 45.6. The second kappa shape index (κ2) is 51.8. The normalized spacial score (nSPS) is 12.7. The fourth-order valence-corrected chi connectivity index (χ4v) is 9.16. The van der Waals surface area contributed by atoms with Crippen LogP contribution in [0.2, 0.25) is 0 Å². The average Bonchev–Trinajstić information content (AvgIpc) is 3.30. The summed E-state index contributed by atoms with van der Waals surface area (Å²) in [5, 5.41) is 0. The van der Waals surface area contributed by atoms with Crippen LogP contribution in [0.15, 0.2) is 0 Å². The van der Waals surface area contributed by atoms with E-state index in [0.29, 0.717) is 31.6 Å². The van der Waals surface area contributed by atoms with Crippen LogP contribution in [0, 0.1) is 11.8 Å². The van der Waals surface area contributed by atoms with Crippen molar-refractivity contribution in [3.05, 3.63) is 0 Å². The number of nitrogens with zero attached hydrogens (tertiary/aromatic N) is 2. The summed E-state index contributed by atoms with van der Waals surface area (Å²) < 4.78 is 11.6. The van der Waals surface area contributed by atoms with Crippen LogP contribution in [0.3, 0.4) is 0 Å². The van der Waals surface area contributed by atoms with Crippen molar-refractivity contribution in [3.8, 4) is 0 Å². The molecule has 0 bridgehead atoms. The minimum absolute atomic E-state index is 0.0469. The molecule has 0 spiro atoms. The van der Waals surface area contributed by atoms with Crippen LogP contribution in [0.1, 0.15) is 299 Å². The predicted octanol–water partition coefficient (Wildman–Crippen LogP) is 17.4. The molecule has 0 rings (SSSR count). The highest BCUT2D eigenvalue weighted by molar-refractivity contribution is 5.76. The number of hydrogen-bond acceptors (Lipinski definition) is 6. The van der Waals surface area contributed by atoms with E-state index in [1.807, 2.05) is 13.8 Å². The van der Waals surface area contributed by atoms with Crippen LogP contribution in [0.5, 0.6) is 0 Å². The molecule has 0 aliphatic rings. The van der Waals surface area contributed by atoms with E-state index in [-0.39, 0.29) is 23.8 Å². The minimum Gasteiger partial charge on any atom is -0.465 e. The Morgan fingerprint density at radius 1 is 0.369 bits per heavy atom. The van der Waals surface area contributed by atoms with Gasteiger partial charge < -0.3 is 19.3 Å². The zero-order chi connectivity index (χ0) is 48.4. The molecule has 0 aliphatic carbocycles. The molecule has 0 heterocycles. The maximum absolute atomic E-state index is 13.9. The van der Waals surface area contributed by atoms with Gasteiger partial charge in [0, 0.05) is 19.0 Å². The van der Waals surface area contributed by atoms with Gasteiger partial charge in [-0.25, -0.2) is 0 Å². The van der Waals surface area contributed by atoms with Crippen molar-refractivity contribution in [1.82, 2.24) is 9.80 Å². The van der Waals surface area contributed by atoms with E-state index in [2.05, 4.69) is 58.5 Å². The lowest BCUT2D eigenvalue weighted by Crippen LogP contribution is -2.41. The number of esters is 2. The molecule has 0 radical (unpaired) electrons. The van der Waals surface area contributed by atoms with Crippen LogP contribution in [-0.4, -0.2) is 74.1 Å². The lowest BCUT2D eigenvalue weighted by atomic mass is 9.95. The summed E-state index contributed by atoms with van der Waals surface area (Å²) in [6.45, 7) is 18.2. The van der Waals surface area contributed by atoms with Crippen LogP contribution in [0.4, 0.5) is 0 Å². The lowest BCUT2D eigenvalue weighted by Gasteiger charge is -2.33. The third kappa shape index (κ3) is 42.2. The van der Waals surface area contributed by atoms with Gasteiger partial charge in [0.25, 0.3) is 0 Å². The van der Waals surface area contributed by atoms with Gasteiger partial charge in [-0.2, -0.15) is 0 Å². The fraction of sp³-hybridized carbons (Fsp3) is 0.948. The Hall–Kier alpha value is -1.63. The summed E-state index contributed by atoms with van der Waals surface area (Å²) in [5.41, 5.74) is 0. The van der Waals surface area contributed by atoms with E-state index in [4.69, 9.17) is 9.47 Å². The van der Waals surface area contributed by atoms with Crippen molar-refractivity contribution in [2.75, 3.05) is 40.4 Å². The van der Waals surface area contributed by atoms with Gasteiger partial charge in [-0.15, -0.1) is 0 Å². The largest absolute Gasteiger partial charge is 0.465 e. The second-order valence-electron chi connectivity index (χ2n) is 19.8. The molecular formula is C58H116N2O5. The van der Waals surface area contributed by atoms with Gasteiger partial charge in [-0.1, -0.05) is 228 Å². The zero-order valence-electron chi connectivity index (χ0n) is 45.6. The van der Waals surface area contributed by atoms with Crippen molar-refractivity contribution in [1.29, 1.82) is 0 Å². The van der Waals surface area contributed by atoms with Crippen LogP contribution >= 0.6 is 0 Å². The number of ether oxygens (including phenoxy) is 2. The molecule has 0 N–H and O–H groups in total. The molecule has 1 amide bonds. The first-order valence-corrected chi connectivity index (χ1v) is 29.0. The third-order valence-electron chi connectivity index (χ3n) is 13.4. The fourth-order valence-electron chi connectivity index (χ4n) is 9.16. The lowest BCUT2D eigenvalue weighted by molar-refractivity contribution is -0.150. The van der Waals surface area contributed by atoms with Crippen molar-refractivity contribution in [3.63, 3.8) is 0 Å². The molecule has 7 heteroatoms. The SMILES string of the molecule is CC.CCCCCCCC(=O)N(CCCN(C)C)C(CCCCCCCCCOC(=O)C(CCCC)CCCCCC)CCCCCCCCCOC(=O)C(CCCC)CCCCCC. The number of hydrogen-bond donors (Lipinski definition) is 0. The Balaban J connectivity index is 0. The molecule has 0 fully saturated rings. The van der Waals surface area contributed by atoms with E-state index < -0.39 is 0 Å². The monoisotopic (exact) mass is 921 g/mol. The first kappa shape index (κ1) is 65.5. The van der Waals surface area contributed by atoms with Crippen LogP contribution < -0.4 is 0 Å². The summed E-state index contributed by atoms with van der Waals surface area (Å²) in [6.07, 6.45) is 44.4. The summed E-state index contributed by atoms with van der Waals surface area (Å²) in [4.78, 5) is 44.1. The van der Waals surface area contributed by atoms with Crippen molar-refractivity contribution in [2.24, 2.45) is 11.8 Å². The quantitative estimate of drug-likeness (QED) is 0.0447. The molecule has 65 heavy (non-hydrogen) atoms. The molecule has 0 saturated heterocycles. The summed E-state index contributed by atoms with van der Waals surface area (Å²) in [5.74, 6) is 0.665. The maximum atomic E-state index is 13.9. The van der Waals surface area contributed by atoms with Crippen molar-refractivity contribution < 1.29 is 23.9 Å². The van der Waals surface area contributed by atoms with E-state index in [9.17, 15) is 14.4 Å². The van der Waals surface area contributed by atoms with E-state index in [1.165, 1.54) is 122 Å². The molecule has 0 saturated carbocycles. The van der Waals surface area contributed by atoms with Gasteiger partial charge in [0.2, 0.25) is 5.91 Å². The van der Waals surface area contributed by atoms with Gasteiger partial charge in [-0.05, 0) is 84.8 Å². The van der Waals surface area contributed by atoms with E-state index in [1.54, 1.807) is 0 Å². The molecular weight excluding hydrogens is 805 g/mol. The summed E-state index contributed by atoms with van der Waals surface area (Å²) >= 11 is 0. The molecule has 7 nitrogen and oxygen atoms in total. The Bertz CT molecular complexity index is 949. The number of amides is 1. The molecule has 0 aromatic rings. The Morgan fingerprint density at radius 2 is 0.692 bits per heavy atom. The highest BCUT2D eigenvalue weighted by Crippen LogP contribution is 2.24. The topological polar surface area (TPSA) is 76.2 Å². The minimum atomic E-state index is 0.0469. The average molecular weight is 922 g/mol. The smallest absolute Gasteiger partial charge is 0.308 e. The number of carbonyl (C=O) groups is 3. The molecule has 0 aromatic carbocycles. The van der Waals surface area contributed by atoms with Gasteiger partial charge in [0.05, 0.1) is 25.0 Å². The van der Waals surface area contributed by atoms with E-state index >= 15 is 0 Å². The van der Waals surface area contributed by atoms with Gasteiger partial charge >= 0.3 is 11.9 Å². The Kier molecular flexibility index (Phi) is 52.1. The highest BCUT2D eigenvalue weighted by Gasteiger charge is 2.23. The predicted molar refractivity (Wildman–Crippen MR) is 283 cm³/mol. The third-order valence-corrected chi connectivity index (χ3v) is 13.4. The van der Waals surface area contributed by atoms with Gasteiger partial charge in [0.1, 0.15) is 0 Å². The van der Waals surface area contributed by atoms with Gasteiger partial charge in [-0.3, -0.25) is 14.4 Å². The highest BCUT2D eigenvalue weighted by atomic mass is 16.5. The van der Waals surface area contributed by atoms with Crippen LogP contribution in [-0.2, 0) is 23.9 Å². The Morgan fingerprint density at radius 3 is 1.09 bits per heavy atom. The molecule has 388 valence electrons. The summed E-state index contributed by atoms with van der Waals surface area (Å²) in [7, 11) is 4.27. The van der Waals surface area contributed by atoms with Gasteiger partial charge in [0.15, 0.2) is 0 Å². The first-order chi connectivity index (χ1) is 31.7. The molecule has 2 unspecified atom stereocenters. The maximum Gasteiger partial charge on any atom is 0.308 e. The van der Waals surface area contributed by atoms with Crippen molar-refractivity contribution in [2.45, 2.75) is 305 Å². The van der Waals surface area contributed by atoms with E-state index in [0.717, 1.165) is 135 Å². The molecule has 0 aromatic heterocycles. The second-order valence-corrected chi connectivity index (χ2v) is 19.8. The van der Waals surface area contributed by atoms with Crippen LogP contribution in [0.25, 0.3) is 0 Å². The Labute approximate surface area is 407 Å². The standard InChI is InChI=1S/C56H110N2O5.C2H6/c1-8-13-18-27-36-46-54(59)58(48-39-47-57(6)7)53(44-34-28-23-21-25-30-37-49-62-55(60)51(40-16-11-4)42-32-19-14-9-2)45-35-29-24-22-26-31-38-50-63-56(61)52(41-17-12-5)43-33-20-15-10-3;1-2/h51-53H,8-50H2,1-7H3;1-2H3. The van der Waals surface area contributed by atoms with Crippen molar-refractivity contribution >= 4 is 17.8 Å². The first-order valence-electron chi connectivity index (χ1n) is 29.0. The summed E-state index contributed by atoms with van der Waals surface area (Å²) in [6, 6.07) is 0.347. The molecule has 0 aliphatic heterocycles. The number of rotatable bonds is 49. The molecule has 2 atom stereocenters. The number of unbranched alkanes of at least 4 members (excludes halogenated alkanes) is 24.